The van der Waals surface area contributed by atoms with Crippen molar-refractivity contribution in [2.75, 3.05) is 10.7 Å². The van der Waals surface area contributed by atoms with Gasteiger partial charge in [-0.2, -0.15) is 0 Å². The van der Waals surface area contributed by atoms with E-state index in [1.165, 1.54) is 23.9 Å². The van der Waals surface area contributed by atoms with Gasteiger partial charge < -0.3 is 10.7 Å². The van der Waals surface area contributed by atoms with E-state index in [-0.39, 0.29) is 17.8 Å². The van der Waals surface area contributed by atoms with Crippen LogP contribution in [0.4, 0.5) is 10.1 Å². The van der Waals surface area contributed by atoms with Crippen LogP contribution in [-0.4, -0.2) is 26.0 Å². The van der Waals surface area contributed by atoms with Crippen molar-refractivity contribution >= 4 is 39.3 Å². The number of anilines is 1. The van der Waals surface area contributed by atoms with Crippen molar-refractivity contribution in [1.29, 1.82) is 0 Å². The lowest BCUT2D eigenvalue weighted by molar-refractivity contribution is -0.116. The largest absolute Gasteiger partial charge is 0.325 e. The fraction of sp³-hybridized carbons (Fsp3) is 0.211. The summed E-state index contributed by atoms with van der Waals surface area (Å²) in [6, 6.07) is 11.4. The van der Waals surface area contributed by atoms with Crippen molar-refractivity contribution in [2.24, 2.45) is 0 Å². The first-order valence-corrected chi connectivity index (χ1v) is 10.3. The van der Waals surface area contributed by atoms with Gasteiger partial charge in [-0.25, -0.2) is 9.07 Å². The third kappa shape index (κ3) is 3.64. The number of benzene rings is 2. The average molecular weight is 462 g/mol. The van der Waals surface area contributed by atoms with Gasteiger partial charge in [-0.05, 0) is 55.3 Å². The van der Waals surface area contributed by atoms with Gasteiger partial charge in [-0.3, -0.25) is 4.79 Å². The molecule has 1 aliphatic rings. The Morgan fingerprint density at radius 3 is 2.68 bits per heavy atom. The molecule has 0 radical (unpaired) electrons. The minimum absolute atomic E-state index is 0.166. The van der Waals surface area contributed by atoms with Gasteiger partial charge in [-0.15, -0.1) is 10.2 Å². The van der Waals surface area contributed by atoms with Crippen LogP contribution in [0.25, 0.3) is 0 Å². The lowest BCUT2D eigenvalue weighted by Crippen LogP contribution is -2.41. The number of aromatic nitrogens is 3. The smallest absolute Gasteiger partial charge is 0.240 e. The molecule has 0 fully saturated rings. The number of nitrogens with zero attached hydrogens (tertiary/aromatic N) is 3. The number of fused-ring (bicyclic) bond motifs is 1. The molecule has 1 aliphatic heterocycles. The summed E-state index contributed by atoms with van der Waals surface area (Å²) in [5.74, 6) is 0.206. The fourth-order valence-corrected chi connectivity index (χ4v) is 4.39. The summed E-state index contributed by atoms with van der Waals surface area (Å²) in [5.41, 5.74) is 5.84. The number of carbonyl (C=O) groups excluding carboxylic acids is 1. The molecule has 28 heavy (non-hydrogen) atoms. The fourth-order valence-electron chi connectivity index (χ4n) is 3.02. The summed E-state index contributed by atoms with van der Waals surface area (Å²) in [7, 11) is 0. The molecule has 4 rings (SSSR count). The van der Waals surface area contributed by atoms with Crippen LogP contribution in [-0.2, 0) is 4.79 Å². The molecule has 9 heteroatoms. The molecule has 144 valence electrons. The van der Waals surface area contributed by atoms with Crippen LogP contribution in [0.2, 0.25) is 0 Å². The number of carbonyl (C=O) groups is 1. The van der Waals surface area contributed by atoms with Crippen LogP contribution in [0.3, 0.4) is 0 Å². The Morgan fingerprint density at radius 1 is 1.21 bits per heavy atom. The zero-order valence-corrected chi connectivity index (χ0v) is 17.5. The molecule has 0 bridgehead atoms. The van der Waals surface area contributed by atoms with E-state index in [4.69, 9.17) is 0 Å². The molecule has 0 saturated heterocycles. The van der Waals surface area contributed by atoms with Crippen LogP contribution < -0.4 is 10.7 Å². The first-order chi connectivity index (χ1) is 13.4. The quantitative estimate of drug-likeness (QED) is 0.611. The molecule has 0 saturated carbocycles. The predicted octanol–water partition coefficient (Wildman–Crippen LogP) is 4.19. The Bertz CT molecular complexity index is 1040. The van der Waals surface area contributed by atoms with Gasteiger partial charge in [0.25, 0.3) is 0 Å². The van der Waals surface area contributed by atoms with Gasteiger partial charge in [0.2, 0.25) is 11.1 Å². The molecule has 1 aromatic heterocycles. The lowest BCUT2D eigenvalue weighted by atomic mass is 10.0. The van der Waals surface area contributed by atoms with E-state index in [9.17, 15) is 9.18 Å². The van der Waals surface area contributed by atoms with Gasteiger partial charge in [0.05, 0.1) is 6.04 Å². The lowest BCUT2D eigenvalue weighted by Gasteiger charge is -2.32. The second kappa shape index (κ2) is 7.56. The minimum Gasteiger partial charge on any atom is -0.325 e. The third-order valence-electron chi connectivity index (χ3n) is 4.51. The maximum Gasteiger partial charge on any atom is 0.240 e. The molecule has 0 unspecified atom stereocenters. The third-order valence-corrected chi connectivity index (χ3v) is 6.62. The summed E-state index contributed by atoms with van der Waals surface area (Å²) >= 11 is 4.79. The maximum atomic E-state index is 13.4. The van der Waals surface area contributed by atoms with E-state index in [1.807, 2.05) is 32.0 Å². The summed E-state index contributed by atoms with van der Waals surface area (Å²) < 4.78 is 16.1. The van der Waals surface area contributed by atoms with Crippen LogP contribution in [0.1, 0.15) is 23.0 Å². The monoisotopic (exact) mass is 461 g/mol. The Hall–Kier alpha value is -2.39. The number of rotatable bonds is 3. The van der Waals surface area contributed by atoms with Crippen LogP contribution in [0.15, 0.2) is 52.1 Å². The number of thioether (sulfide) groups is 1. The van der Waals surface area contributed by atoms with Gasteiger partial charge in [0.15, 0.2) is 0 Å². The van der Waals surface area contributed by atoms with E-state index in [0.717, 1.165) is 15.6 Å². The van der Waals surface area contributed by atoms with Crippen molar-refractivity contribution < 1.29 is 9.18 Å². The van der Waals surface area contributed by atoms with Gasteiger partial charge >= 0.3 is 0 Å². The van der Waals surface area contributed by atoms with Gasteiger partial charge in [-0.1, -0.05) is 39.8 Å². The van der Waals surface area contributed by atoms with E-state index in [0.29, 0.717) is 16.7 Å². The van der Waals surface area contributed by atoms with Crippen molar-refractivity contribution in [3.8, 4) is 0 Å². The molecule has 2 aromatic carbocycles. The Balaban J connectivity index is 1.65. The van der Waals surface area contributed by atoms with E-state index < -0.39 is 5.25 Å². The maximum absolute atomic E-state index is 13.4. The minimum atomic E-state index is -0.509. The molecule has 2 N–H and O–H groups in total. The molecular weight excluding hydrogens is 445 g/mol. The van der Waals surface area contributed by atoms with Crippen LogP contribution in [0, 0.1) is 19.7 Å². The van der Waals surface area contributed by atoms with Crippen LogP contribution in [0.5, 0.6) is 0 Å². The average Bonchev–Trinajstić information content (AvgIpc) is 3.04. The van der Waals surface area contributed by atoms with Crippen molar-refractivity contribution in [3.05, 3.63) is 69.7 Å². The van der Waals surface area contributed by atoms with Gasteiger partial charge in [0, 0.05) is 10.2 Å². The number of halogens is 2. The molecule has 3 aromatic rings. The predicted molar refractivity (Wildman–Crippen MR) is 110 cm³/mol. The second-order valence-corrected chi connectivity index (χ2v) is 8.48. The Morgan fingerprint density at radius 2 is 1.96 bits per heavy atom. The summed E-state index contributed by atoms with van der Waals surface area (Å²) in [6.45, 7) is 3.79. The SMILES string of the molecule is Cc1cc(NC(=O)[C@H]2Sc3nnc(C)n3N[C@H]2c2ccc(F)cc2)ccc1Br. The first-order valence-electron chi connectivity index (χ1n) is 8.60. The second-order valence-electron chi connectivity index (χ2n) is 6.52. The van der Waals surface area contributed by atoms with E-state index in [2.05, 4.69) is 36.9 Å². The number of amides is 1. The Labute approximate surface area is 174 Å². The standard InChI is InChI=1S/C19H17BrFN5OS/c1-10-9-14(7-8-15(10)20)22-18(27)17-16(12-3-5-13(21)6-4-12)25-26-11(2)23-24-19(26)28-17/h3-9,16-17,25H,1-2H3,(H,22,27)/t16-,17-/m0/s1. The van der Waals surface area contributed by atoms with Crippen LogP contribution >= 0.6 is 27.7 Å². The highest BCUT2D eigenvalue weighted by Gasteiger charge is 2.37. The molecular formula is C19H17BrFN5OS. The molecule has 0 spiro atoms. The first kappa shape index (κ1) is 18.9. The number of hydrogen-bond acceptors (Lipinski definition) is 5. The molecule has 2 atom stereocenters. The molecule has 6 nitrogen and oxygen atoms in total. The van der Waals surface area contributed by atoms with E-state index in [1.54, 1.807) is 16.8 Å². The topological polar surface area (TPSA) is 71.8 Å². The number of aryl methyl sites for hydroxylation is 2. The van der Waals surface area contributed by atoms with Crippen molar-refractivity contribution in [2.45, 2.75) is 30.3 Å². The summed E-state index contributed by atoms with van der Waals surface area (Å²) in [5, 5.41) is 11.3. The highest BCUT2D eigenvalue weighted by Crippen LogP contribution is 2.37. The zero-order valence-electron chi connectivity index (χ0n) is 15.1. The molecule has 1 amide bonds. The molecule has 2 heterocycles. The Kier molecular flexibility index (Phi) is 5.11. The summed E-state index contributed by atoms with van der Waals surface area (Å²) in [6.07, 6.45) is 0. The summed E-state index contributed by atoms with van der Waals surface area (Å²) in [4.78, 5) is 13.1. The highest BCUT2D eigenvalue weighted by molar-refractivity contribution is 9.10. The number of nitrogens with one attached hydrogen (secondary N) is 2. The van der Waals surface area contributed by atoms with Crippen molar-refractivity contribution in [3.63, 3.8) is 0 Å². The highest BCUT2D eigenvalue weighted by atomic mass is 79.9. The van der Waals surface area contributed by atoms with E-state index >= 15 is 0 Å². The number of hydrogen-bond donors (Lipinski definition) is 2. The zero-order chi connectivity index (χ0) is 19.8. The normalized spacial score (nSPS) is 18.3. The molecule has 0 aliphatic carbocycles. The van der Waals surface area contributed by atoms with Crippen molar-refractivity contribution in [1.82, 2.24) is 14.9 Å². The van der Waals surface area contributed by atoms with Gasteiger partial charge in [0.1, 0.15) is 16.9 Å².